The Hall–Kier alpha value is -4.66. The van der Waals surface area contributed by atoms with Crippen molar-refractivity contribution in [2.75, 3.05) is 14.2 Å². The van der Waals surface area contributed by atoms with E-state index in [2.05, 4.69) is 20.4 Å². The Balaban J connectivity index is 1.45. The van der Waals surface area contributed by atoms with Crippen LogP contribution in [0.1, 0.15) is 17.4 Å². The SMILES string of the molecule is COc1ccc2cnn(CC(=O)N[C@@H](Cc3ccccc3)c3nc4ccccc4[nH]3)c(=O)c2c1OC. The maximum atomic E-state index is 13.2. The smallest absolute Gasteiger partial charge is 0.279 e. The first-order valence-corrected chi connectivity index (χ1v) is 11.5. The van der Waals surface area contributed by atoms with Gasteiger partial charge in [-0.15, -0.1) is 0 Å². The number of aromatic nitrogens is 4. The molecule has 2 aromatic heterocycles. The maximum Gasteiger partial charge on any atom is 0.279 e. The second kappa shape index (κ2) is 9.91. The Morgan fingerprint density at radius 1 is 1.03 bits per heavy atom. The highest BCUT2D eigenvalue weighted by molar-refractivity contribution is 5.89. The Kier molecular flexibility index (Phi) is 6.36. The zero-order valence-corrected chi connectivity index (χ0v) is 19.9. The molecule has 2 heterocycles. The normalized spacial score (nSPS) is 11.9. The van der Waals surface area contributed by atoms with Gasteiger partial charge < -0.3 is 19.8 Å². The van der Waals surface area contributed by atoms with E-state index in [0.29, 0.717) is 34.5 Å². The molecule has 0 fully saturated rings. The summed E-state index contributed by atoms with van der Waals surface area (Å²) in [5.41, 5.74) is 2.30. The summed E-state index contributed by atoms with van der Waals surface area (Å²) in [4.78, 5) is 34.4. The van der Waals surface area contributed by atoms with Gasteiger partial charge in [-0.3, -0.25) is 9.59 Å². The van der Waals surface area contributed by atoms with Gasteiger partial charge in [0.25, 0.3) is 5.56 Å². The topological polar surface area (TPSA) is 111 Å². The fourth-order valence-corrected chi connectivity index (χ4v) is 4.28. The molecule has 0 radical (unpaired) electrons. The van der Waals surface area contributed by atoms with Crippen LogP contribution in [0.25, 0.3) is 21.8 Å². The molecule has 0 aliphatic rings. The zero-order chi connectivity index (χ0) is 25.1. The third-order valence-corrected chi connectivity index (χ3v) is 6.01. The summed E-state index contributed by atoms with van der Waals surface area (Å²) in [6, 6.07) is 20.5. The van der Waals surface area contributed by atoms with Crippen molar-refractivity contribution in [3.8, 4) is 11.5 Å². The molecular weight excluding hydrogens is 458 g/mol. The molecule has 182 valence electrons. The third kappa shape index (κ3) is 4.50. The average Bonchev–Trinajstić information content (AvgIpc) is 3.34. The van der Waals surface area contributed by atoms with Crippen LogP contribution >= 0.6 is 0 Å². The highest BCUT2D eigenvalue weighted by atomic mass is 16.5. The Morgan fingerprint density at radius 2 is 1.81 bits per heavy atom. The molecular formula is C27H25N5O4. The van der Waals surface area contributed by atoms with Crippen LogP contribution < -0.4 is 20.3 Å². The molecule has 9 nitrogen and oxygen atoms in total. The van der Waals surface area contributed by atoms with Crippen LogP contribution in [0.2, 0.25) is 0 Å². The summed E-state index contributed by atoms with van der Waals surface area (Å²) in [7, 11) is 2.97. The monoisotopic (exact) mass is 483 g/mol. The number of aromatic amines is 1. The van der Waals surface area contributed by atoms with Gasteiger partial charge in [-0.2, -0.15) is 5.10 Å². The van der Waals surface area contributed by atoms with Gasteiger partial charge >= 0.3 is 0 Å². The number of nitrogens with zero attached hydrogens (tertiary/aromatic N) is 3. The van der Waals surface area contributed by atoms with Crippen LogP contribution in [-0.4, -0.2) is 39.9 Å². The quantitative estimate of drug-likeness (QED) is 0.350. The van der Waals surface area contributed by atoms with Gasteiger partial charge in [-0.1, -0.05) is 42.5 Å². The number of hydrogen-bond donors (Lipinski definition) is 2. The van der Waals surface area contributed by atoms with E-state index in [4.69, 9.17) is 9.47 Å². The van der Waals surface area contributed by atoms with Crippen molar-refractivity contribution in [1.29, 1.82) is 0 Å². The van der Waals surface area contributed by atoms with Crippen molar-refractivity contribution in [2.45, 2.75) is 19.0 Å². The van der Waals surface area contributed by atoms with Gasteiger partial charge in [0.1, 0.15) is 12.4 Å². The number of imidazole rings is 1. The first-order chi connectivity index (χ1) is 17.6. The predicted octanol–water partition coefficient (Wildman–Crippen LogP) is 3.39. The lowest BCUT2D eigenvalue weighted by Gasteiger charge is -2.17. The van der Waals surface area contributed by atoms with Gasteiger partial charge in [0.05, 0.1) is 42.9 Å². The third-order valence-electron chi connectivity index (χ3n) is 6.01. The lowest BCUT2D eigenvalue weighted by atomic mass is 10.1. The number of fused-ring (bicyclic) bond motifs is 2. The van der Waals surface area contributed by atoms with E-state index in [-0.39, 0.29) is 12.5 Å². The Bertz CT molecular complexity index is 1560. The van der Waals surface area contributed by atoms with E-state index in [0.717, 1.165) is 21.3 Å². The van der Waals surface area contributed by atoms with Crippen LogP contribution in [0.15, 0.2) is 77.7 Å². The molecule has 0 spiro atoms. The lowest BCUT2D eigenvalue weighted by Crippen LogP contribution is -2.37. The predicted molar refractivity (Wildman–Crippen MR) is 136 cm³/mol. The second-order valence-electron chi connectivity index (χ2n) is 8.32. The van der Waals surface area contributed by atoms with E-state index >= 15 is 0 Å². The van der Waals surface area contributed by atoms with Crippen molar-refractivity contribution in [3.05, 3.63) is 94.7 Å². The van der Waals surface area contributed by atoms with Gasteiger partial charge in [0.15, 0.2) is 11.5 Å². The highest BCUT2D eigenvalue weighted by Gasteiger charge is 2.21. The Labute approximate surface area is 206 Å². The molecule has 5 aromatic rings. The minimum absolute atomic E-state index is 0.263. The van der Waals surface area contributed by atoms with Gasteiger partial charge in [0, 0.05) is 5.39 Å². The minimum atomic E-state index is -0.443. The first kappa shape index (κ1) is 23.1. The second-order valence-corrected chi connectivity index (χ2v) is 8.32. The number of hydrogen-bond acceptors (Lipinski definition) is 6. The molecule has 3 aromatic carbocycles. The molecule has 0 aliphatic heterocycles. The number of methoxy groups -OCH3 is 2. The number of nitrogens with one attached hydrogen (secondary N) is 2. The molecule has 36 heavy (non-hydrogen) atoms. The van der Waals surface area contributed by atoms with E-state index in [1.54, 1.807) is 12.1 Å². The van der Waals surface area contributed by atoms with Crippen LogP contribution in [0.3, 0.4) is 0 Å². The van der Waals surface area contributed by atoms with Crippen molar-refractivity contribution >= 4 is 27.7 Å². The molecule has 0 bridgehead atoms. The molecule has 0 unspecified atom stereocenters. The van der Waals surface area contributed by atoms with E-state index in [1.807, 2.05) is 54.6 Å². The largest absolute Gasteiger partial charge is 0.493 e. The molecule has 9 heteroatoms. The van der Waals surface area contributed by atoms with Crippen molar-refractivity contribution < 1.29 is 14.3 Å². The standard InChI is InChI=1S/C27H25N5O4/c1-35-22-13-12-18-15-28-32(27(34)24(18)25(22)36-2)16-23(33)29-21(14-17-8-4-3-5-9-17)26-30-19-10-6-7-11-20(19)31-26/h3-13,15,21H,14,16H2,1-2H3,(H,29,33)(H,30,31)/t21-/m0/s1. The lowest BCUT2D eigenvalue weighted by molar-refractivity contribution is -0.122. The zero-order valence-electron chi connectivity index (χ0n) is 19.9. The number of benzene rings is 3. The fourth-order valence-electron chi connectivity index (χ4n) is 4.28. The maximum absolute atomic E-state index is 13.2. The summed E-state index contributed by atoms with van der Waals surface area (Å²) in [6.07, 6.45) is 2.06. The average molecular weight is 484 g/mol. The number of amides is 1. The first-order valence-electron chi connectivity index (χ1n) is 11.5. The van der Waals surface area contributed by atoms with Gasteiger partial charge in [-0.25, -0.2) is 9.67 Å². The number of rotatable bonds is 8. The van der Waals surface area contributed by atoms with E-state index in [9.17, 15) is 9.59 Å². The number of H-pyrrole nitrogens is 1. The molecule has 0 aliphatic carbocycles. The van der Waals surface area contributed by atoms with Crippen molar-refractivity contribution in [2.24, 2.45) is 0 Å². The fraction of sp³-hybridized carbons (Fsp3) is 0.185. The molecule has 1 atom stereocenters. The number of carbonyl (C=O) groups is 1. The minimum Gasteiger partial charge on any atom is -0.493 e. The summed E-state index contributed by atoms with van der Waals surface area (Å²) in [5, 5.41) is 8.13. The molecule has 2 N–H and O–H groups in total. The Morgan fingerprint density at radius 3 is 2.56 bits per heavy atom. The van der Waals surface area contributed by atoms with Crippen molar-refractivity contribution in [3.63, 3.8) is 0 Å². The number of carbonyl (C=O) groups excluding carboxylic acids is 1. The van der Waals surface area contributed by atoms with E-state index < -0.39 is 11.6 Å². The van der Waals surface area contributed by atoms with E-state index in [1.165, 1.54) is 20.4 Å². The van der Waals surface area contributed by atoms with Crippen LogP contribution in [0.5, 0.6) is 11.5 Å². The summed E-state index contributed by atoms with van der Waals surface area (Å²) < 4.78 is 11.9. The molecule has 0 saturated carbocycles. The number of para-hydroxylation sites is 2. The van der Waals surface area contributed by atoms with Gasteiger partial charge in [-0.05, 0) is 36.2 Å². The van der Waals surface area contributed by atoms with Crippen LogP contribution in [-0.2, 0) is 17.8 Å². The summed E-state index contributed by atoms with van der Waals surface area (Å²) in [5.74, 6) is 1.00. The molecule has 0 saturated heterocycles. The van der Waals surface area contributed by atoms with Crippen LogP contribution in [0.4, 0.5) is 0 Å². The molecule has 1 amide bonds. The van der Waals surface area contributed by atoms with Crippen molar-refractivity contribution in [1.82, 2.24) is 25.1 Å². The highest BCUT2D eigenvalue weighted by Crippen LogP contribution is 2.32. The summed E-state index contributed by atoms with van der Waals surface area (Å²) >= 11 is 0. The van der Waals surface area contributed by atoms with Crippen LogP contribution in [0, 0.1) is 0 Å². The summed E-state index contributed by atoms with van der Waals surface area (Å²) in [6.45, 7) is -0.263. The van der Waals surface area contributed by atoms with Gasteiger partial charge in [0.2, 0.25) is 5.91 Å². The number of ether oxygens (including phenoxy) is 2. The molecule has 5 rings (SSSR count).